The summed E-state index contributed by atoms with van der Waals surface area (Å²) < 4.78 is 43.5. The lowest BCUT2D eigenvalue weighted by atomic mass is 10.2. The molecule has 0 spiro atoms. The Morgan fingerprint density at radius 2 is 1.84 bits per heavy atom. The summed E-state index contributed by atoms with van der Waals surface area (Å²) in [5.41, 5.74) is 3.19. The van der Waals surface area contributed by atoms with Crippen molar-refractivity contribution in [1.82, 2.24) is 25.4 Å². The van der Waals surface area contributed by atoms with E-state index in [0.29, 0.717) is 18.1 Å². The second-order valence-electron chi connectivity index (χ2n) is 6.80. The van der Waals surface area contributed by atoms with E-state index in [2.05, 4.69) is 30.4 Å². The zero-order valence-corrected chi connectivity index (χ0v) is 17.4. The second kappa shape index (κ2) is 9.50. The second-order valence-corrected chi connectivity index (χ2v) is 6.80. The number of aryl methyl sites for hydroxylation is 2. The van der Waals surface area contributed by atoms with E-state index in [9.17, 15) is 13.2 Å². The number of pyridine rings is 1. The predicted octanol–water partition coefficient (Wildman–Crippen LogP) is 3.65. The van der Waals surface area contributed by atoms with Gasteiger partial charge in [-0.3, -0.25) is 4.99 Å². The van der Waals surface area contributed by atoms with Crippen LogP contribution in [0.2, 0.25) is 0 Å². The summed E-state index contributed by atoms with van der Waals surface area (Å²) in [6.07, 6.45) is -3.01. The molecule has 0 saturated heterocycles. The number of halogens is 3. The molecule has 0 radical (unpaired) electrons. The normalized spacial score (nSPS) is 12.0. The molecule has 31 heavy (non-hydrogen) atoms. The molecule has 2 heterocycles. The first-order chi connectivity index (χ1) is 14.7. The molecule has 2 N–H and O–H groups in total. The molecular formula is C21H23F3N6O. The highest BCUT2D eigenvalue weighted by molar-refractivity contribution is 5.79. The molecule has 0 fully saturated rings. The van der Waals surface area contributed by atoms with Crippen LogP contribution in [-0.2, 0) is 13.1 Å². The number of nitrogens with one attached hydrogen (secondary N) is 2. The van der Waals surface area contributed by atoms with E-state index in [-0.39, 0.29) is 12.3 Å². The van der Waals surface area contributed by atoms with E-state index in [1.165, 1.54) is 12.1 Å². The van der Waals surface area contributed by atoms with Crippen molar-refractivity contribution < 1.29 is 17.9 Å². The van der Waals surface area contributed by atoms with E-state index in [1.807, 2.05) is 32.0 Å². The molecule has 7 nitrogen and oxygen atoms in total. The van der Waals surface area contributed by atoms with Crippen LogP contribution in [-0.4, -0.2) is 34.1 Å². The first-order valence-electron chi connectivity index (χ1n) is 9.52. The van der Waals surface area contributed by atoms with E-state index >= 15 is 0 Å². The van der Waals surface area contributed by atoms with Gasteiger partial charge in [-0.25, -0.2) is 9.67 Å². The minimum Gasteiger partial charge on any atom is -0.405 e. The monoisotopic (exact) mass is 432 g/mol. The Morgan fingerprint density at radius 1 is 1.10 bits per heavy atom. The van der Waals surface area contributed by atoms with Crippen molar-refractivity contribution in [3.8, 4) is 11.6 Å². The van der Waals surface area contributed by atoms with Gasteiger partial charge in [0.05, 0.1) is 5.69 Å². The van der Waals surface area contributed by atoms with Gasteiger partial charge in [0.25, 0.3) is 0 Å². The lowest BCUT2D eigenvalue weighted by Crippen LogP contribution is -2.36. The van der Waals surface area contributed by atoms with Gasteiger partial charge < -0.3 is 15.4 Å². The molecule has 1 aromatic carbocycles. The van der Waals surface area contributed by atoms with Crippen LogP contribution in [0.3, 0.4) is 0 Å². The highest BCUT2D eigenvalue weighted by atomic mass is 19.4. The van der Waals surface area contributed by atoms with Gasteiger partial charge in [0.15, 0.2) is 11.8 Å². The van der Waals surface area contributed by atoms with Gasteiger partial charge in [0, 0.05) is 37.6 Å². The van der Waals surface area contributed by atoms with Crippen LogP contribution >= 0.6 is 0 Å². The summed E-state index contributed by atoms with van der Waals surface area (Å²) >= 11 is 0. The molecule has 3 aromatic rings. The molecule has 0 bridgehead atoms. The summed E-state index contributed by atoms with van der Waals surface area (Å²) in [7, 11) is 1.58. The summed E-state index contributed by atoms with van der Waals surface area (Å²) in [6, 6.07) is 11.7. The molecule has 3 rings (SSSR count). The minimum absolute atomic E-state index is 0.112. The summed E-state index contributed by atoms with van der Waals surface area (Å²) in [5.74, 6) is 0.907. The highest BCUT2D eigenvalue weighted by Gasteiger charge is 2.31. The van der Waals surface area contributed by atoms with Gasteiger partial charge in [0.2, 0.25) is 0 Å². The number of alkyl halides is 3. The fraction of sp³-hybridized carbons (Fsp3) is 0.286. The fourth-order valence-corrected chi connectivity index (χ4v) is 2.97. The Morgan fingerprint density at radius 3 is 2.45 bits per heavy atom. The highest BCUT2D eigenvalue weighted by Crippen LogP contribution is 2.26. The van der Waals surface area contributed by atoms with Gasteiger partial charge in [-0.2, -0.15) is 5.10 Å². The van der Waals surface area contributed by atoms with Crippen LogP contribution < -0.4 is 15.4 Å². The van der Waals surface area contributed by atoms with Gasteiger partial charge in [-0.1, -0.05) is 24.3 Å². The number of guanidine groups is 1. The largest absolute Gasteiger partial charge is 0.573 e. The van der Waals surface area contributed by atoms with Gasteiger partial charge >= 0.3 is 6.36 Å². The number of aromatic nitrogens is 3. The third-order valence-corrected chi connectivity index (χ3v) is 4.36. The number of hydrogen-bond donors (Lipinski definition) is 2. The molecule has 0 atom stereocenters. The maximum Gasteiger partial charge on any atom is 0.573 e. The molecule has 0 amide bonds. The number of ether oxygens (including phenoxy) is 1. The Bertz CT molecular complexity index is 1040. The van der Waals surface area contributed by atoms with E-state index in [0.717, 1.165) is 22.8 Å². The van der Waals surface area contributed by atoms with Gasteiger partial charge in [-0.05, 0) is 37.6 Å². The maximum absolute atomic E-state index is 12.6. The molecule has 0 aliphatic heterocycles. The molecule has 10 heteroatoms. The maximum atomic E-state index is 12.6. The zero-order valence-electron chi connectivity index (χ0n) is 17.4. The summed E-state index contributed by atoms with van der Waals surface area (Å²) in [5, 5.41) is 10.5. The molecule has 0 unspecified atom stereocenters. The van der Waals surface area contributed by atoms with Crippen molar-refractivity contribution in [3.05, 3.63) is 71.2 Å². The first kappa shape index (κ1) is 22.1. The number of benzene rings is 1. The summed E-state index contributed by atoms with van der Waals surface area (Å²) in [6.45, 7) is 4.44. The Balaban J connectivity index is 1.57. The third-order valence-electron chi connectivity index (χ3n) is 4.36. The lowest BCUT2D eigenvalue weighted by molar-refractivity contribution is -0.274. The van der Waals surface area contributed by atoms with Gasteiger partial charge in [-0.15, -0.1) is 13.2 Å². The quantitative estimate of drug-likeness (QED) is 0.459. The third kappa shape index (κ3) is 6.21. The van der Waals surface area contributed by atoms with E-state index < -0.39 is 6.36 Å². The standard InChI is InChI=1S/C21H23F3N6O/c1-14-10-15(2)30(29-14)19-9-8-16(11-26-19)12-27-20(25-3)28-13-17-6-4-5-7-18(17)31-21(22,23)24/h4-11H,12-13H2,1-3H3,(H2,25,27,28). The molecular weight excluding hydrogens is 409 g/mol. The average Bonchev–Trinajstić information content (AvgIpc) is 3.06. The zero-order chi connectivity index (χ0) is 22.4. The van der Waals surface area contributed by atoms with Crippen molar-refractivity contribution in [1.29, 1.82) is 0 Å². The molecule has 164 valence electrons. The van der Waals surface area contributed by atoms with Crippen molar-refractivity contribution in [2.75, 3.05) is 7.05 Å². The van der Waals surface area contributed by atoms with Crippen LogP contribution in [0.25, 0.3) is 5.82 Å². The minimum atomic E-state index is -4.75. The smallest absolute Gasteiger partial charge is 0.405 e. The van der Waals surface area contributed by atoms with Crippen LogP contribution in [0, 0.1) is 13.8 Å². The number of para-hydroxylation sites is 1. The predicted molar refractivity (Wildman–Crippen MR) is 111 cm³/mol. The number of rotatable bonds is 6. The molecule has 0 aliphatic carbocycles. The van der Waals surface area contributed by atoms with Crippen molar-refractivity contribution in [3.63, 3.8) is 0 Å². The van der Waals surface area contributed by atoms with Crippen molar-refractivity contribution >= 4 is 5.96 Å². The lowest BCUT2D eigenvalue weighted by Gasteiger charge is -2.15. The van der Waals surface area contributed by atoms with Crippen LogP contribution in [0.5, 0.6) is 5.75 Å². The summed E-state index contributed by atoms with van der Waals surface area (Å²) in [4.78, 5) is 8.54. The Labute approximate surface area is 178 Å². The number of nitrogens with zero attached hydrogens (tertiary/aromatic N) is 4. The Hall–Kier alpha value is -3.56. The SMILES string of the molecule is CN=C(NCc1ccc(-n2nc(C)cc2C)nc1)NCc1ccccc1OC(F)(F)F. The number of hydrogen-bond acceptors (Lipinski definition) is 4. The molecule has 0 saturated carbocycles. The molecule has 2 aromatic heterocycles. The Kier molecular flexibility index (Phi) is 6.78. The van der Waals surface area contributed by atoms with Crippen LogP contribution in [0.15, 0.2) is 53.7 Å². The van der Waals surface area contributed by atoms with E-state index in [1.54, 1.807) is 30.1 Å². The van der Waals surface area contributed by atoms with Crippen LogP contribution in [0.1, 0.15) is 22.5 Å². The van der Waals surface area contributed by atoms with Crippen molar-refractivity contribution in [2.24, 2.45) is 4.99 Å². The van der Waals surface area contributed by atoms with Crippen molar-refractivity contribution in [2.45, 2.75) is 33.3 Å². The topological polar surface area (TPSA) is 76.4 Å². The molecule has 0 aliphatic rings. The van der Waals surface area contributed by atoms with E-state index in [4.69, 9.17) is 0 Å². The van der Waals surface area contributed by atoms with Gasteiger partial charge in [0.1, 0.15) is 5.75 Å². The average molecular weight is 432 g/mol. The number of aliphatic imine (C=N–C) groups is 1. The fourth-order valence-electron chi connectivity index (χ4n) is 2.97. The first-order valence-corrected chi connectivity index (χ1v) is 9.52. The van der Waals surface area contributed by atoms with Crippen LogP contribution in [0.4, 0.5) is 13.2 Å².